The van der Waals surface area contributed by atoms with Gasteiger partial charge in [0, 0.05) is 12.7 Å². The highest BCUT2D eigenvalue weighted by molar-refractivity contribution is 7.98. The monoisotopic (exact) mass is 282 g/mol. The van der Waals surface area contributed by atoms with Gasteiger partial charge in [-0.3, -0.25) is 4.98 Å². The molecule has 2 aromatic rings. The van der Waals surface area contributed by atoms with E-state index in [0.717, 1.165) is 30.1 Å². The van der Waals surface area contributed by atoms with Gasteiger partial charge in [-0.05, 0) is 30.6 Å². The highest BCUT2D eigenvalue weighted by Crippen LogP contribution is 2.21. The van der Waals surface area contributed by atoms with Gasteiger partial charge < -0.3 is 5.32 Å². The average Bonchev–Trinajstić information content (AvgIpc) is 2.77. The third kappa shape index (κ3) is 3.40. The van der Waals surface area contributed by atoms with Crippen LogP contribution in [0.3, 0.4) is 0 Å². The van der Waals surface area contributed by atoms with Gasteiger partial charge >= 0.3 is 0 Å². The van der Waals surface area contributed by atoms with Gasteiger partial charge in [0.25, 0.3) is 0 Å². The maximum atomic E-state index is 6.09. The maximum absolute atomic E-state index is 6.09. The molecule has 0 saturated carbocycles. The van der Waals surface area contributed by atoms with Crippen LogP contribution in [0.5, 0.6) is 0 Å². The zero-order chi connectivity index (χ0) is 12.8. The van der Waals surface area contributed by atoms with Crippen LogP contribution in [-0.4, -0.2) is 33.3 Å². The standard InChI is InChI=1S/C12H15ClN4S/c1-18-7-3-6-15-11-9-17(16-12(11)13)10-4-2-5-14-8-10/h2,4-5,8-9,15H,3,6-7H2,1H3. The molecule has 0 unspecified atom stereocenters. The van der Waals surface area contributed by atoms with Crippen molar-refractivity contribution in [3.63, 3.8) is 0 Å². The van der Waals surface area contributed by atoms with Gasteiger partial charge in [0.1, 0.15) is 0 Å². The number of aromatic nitrogens is 3. The van der Waals surface area contributed by atoms with Crippen LogP contribution >= 0.6 is 23.4 Å². The summed E-state index contributed by atoms with van der Waals surface area (Å²) >= 11 is 7.93. The molecule has 0 bridgehead atoms. The van der Waals surface area contributed by atoms with Crippen molar-refractivity contribution < 1.29 is 0 Å². The van der Waals surface area contributed by atoms with Crippen LogP contribution in [0.1, 0.15) is 6.42 Å². The fourth-order valence-corrected chi connectivity index (χ4v) is 2.16. The summed E-state index contributed by atoms with van der Waals surface area (Å²) in [6.07, 6.45) is 8.58. The van der Waals surface area contributed by atoms with Gasteiger partial charge in [0.15, 0.2) is 5.15 Å². The number of halogens is 1. The van der Waals surface area contributed by atoms with E-state index in [1.807, 2.05) is 30.1 Å². The Morgan fingerprint density at radius 3 is 3.11 bits per heavy atom. The largest absolute Gasteiger partial charge is 0.381 e. The number of hydrogen-bond donors (Lipinski definition) is 1. The summed E-state index contributed by atoms with van der Waals surface area (Å²) in [4.78, 5) is 4.06. The molecule has 4 nitrogen and oxygen atoms in total. The third-order valence-electron chi connectivity index (χ3n) is 2.42. The SMILES string of the molecule is CSCCCNc1cn(-c2cccnc2)nc1Cl. The molecule has 2 aromatic heterocycles. The number of anilines is 1. The highest BCUT2D eigenvalue weighted by atomic mass is 35.5. The van der Waals surface area contributed by atoms with Crippen LogP contribution < -0.4 is 5.32 Å². The zero-order valence-electron chi connectivity index (χ0n) is 10.1. The third-order valence-corrected chi connectivity index (χ3v) is 3.40. The lowest BCUT2D eigenvalue weighted by molar-refractivity contribution is 0.874. The van der Waals surface area contributed by atoms with Gasteiger partial charge in [-0.25, -0.2) is 4.68 Å². The van der Waals surface area contributed by atoms with Crippen molar-refractivity contribution >= 4 is 29.1 Å². The summed E-state index contributed by atoms with van der Waals surface area (Å²) in [5, 5.41) is 8.03. The number of nitrogens with zero attached hydrogens (tertiary/aromatic N) is 3. The molecule has 6 heteroatoms. The lowest BCUT2D eigenvalue weighted by Gasteiger charge is -2.02. The first-order chi connectivity index (χ1) is 8.81. The molecule has 0 aliphatic heterocycles. The topological polar surface area (TPSA) is 42.7 Å². The summed E-state index contributed by atoms with van der Waals surface area (Å²) in [5.74, 6) is 1.14. The molecule has 0 spiro atoms. The van der Waals surface area contributed by atoms with Gasteiger partial charge in [-0.15, -0.1) is 0 Å². The minimum absolute atomic E-state index is 0.489. The molecule has 0 amide bonds. The Balaban J connectivity index is 2.03. The predicted molar refractivity (Wildman–Crippen MR) is 77.9 cm³/mol. The van der Waals surface area contributed by atoms with Crippen LogP contribution in [0.25, 0.3) is 5.69 Å². The van der Waals surface area contributed by atoms with Crippen molar-refractivity contribution in [2.45, 2.75) is 6.42 Å². The van der Waals surface area contributed by atoms with E-state index in [-0.39, 0.29) is 0 Å². The van der Waals surface area contributed by atoms with Crippen molar-refractivity contribution in [2.24, 2.45) is 0 Å². The molecule has 1 N–H and O–H groups in total. The van der Waals surface area contributed by atoms with Crippen LogP contribution in [-0.2, 0) is 0 Å². The maximum Gasteiger partial charge on any atom is 0.174 e. The highest BCUT2D eigenvalue weighted by Gasteiger charge is 2.07. The fraction of sp³-hybridized carbons (Fsp3) is 0.333. The van der Waals surface area contributed by atoms with E-state index in [1.165, 1.54) is 0 Å². The Hall–Kier alpha value is -1.20. The Labute approximate surface area is 116 Å². The molecule has 0 aromatic carbocycles. The second-order valence-corrected chi connectivity index (χ2v) is 5.11. The smallest absolute Gasteiger partial charge is 0.174 e. The fourth-order valence-electron chi connectivity index (χ4n) is 1.53. The molecular weight excluding hydrogens is 268 g/mol. The molecule has 0 fully saturated rings. The minimum atomic E-state index is 0.489. The van der Waals surface area contributed by atoms with E-state index in [2.05, 4.69) is 21.7 Å². The summed E-state index contributed by atoms with van der Waals surface area (Å²) in [6.45, 7) is 0.902. The van der Waals surface area contributed by atoms with Crippen molar-refractivity contribution in [1.82, 2.24) is 14.8 Å². The normalized spacial score (nSPS) is 10.6. The van der Waals surface area contributed by atoms with E-state index in [0.29, 0.717) is 5.15 Å². The molecule has 0 aliphatic rings. The van der Waals surface area contributed by atoms with E-state index in [4.69, 9.17) is 11.6 Å². The van der Waals surface area contributed by atoms with Gasteiger partial charge in [-0.1, -0.05) is 11.6 Å². The van der Waals surface area contributed by atoms with Crippen molar-refractivity contribution in [3.05, 3.63) is 35.9 Å². The number of thioether (sulfide) groups is 1. The lowest BCUT2D eigenvalue weighted by Crippen LogP contribution is -2.02. The lowest BCUT2D eigenvalue weighted by atomic mass is 10.4. The van der Waals surface area contributed by atoms with E-state index < -0.39 is 0 Å². The number of nitrogens with one attached hydrogen (secondary N) is 1. The predicted octanol–water partition coefficient (Wildman–Crippen LogP) is 3.09. The molecule has 96 valence electrons. The van der Waals surface area contributed by atoms with Crippen molar-refractivity contribution in [3.8, 4) is 5.69 Å². The van der Waals surface area contributed by atoms with Gasteiger partial charge in [0.2, 0.25) is 0 Å². The number of hydrogen-bond acceptors (Lipinski definition) is 4. The number of pyridine rings is 1. The summed E-state index contributed by atoms with van der Waals surface area (Å²) in [5.41, 5.74) is 1.76. The van der Waals surface area contributed by atoms with Crippen LogP contribution in [0.2, 0.25) is 5.15 Å². The molecule has 0 atom stereocenters. The molecule has 0 saturated heterocycles. The van der Waals surface area contributed by atoms with E-state index in [1.54, 1.807) is 17.1 Å². The average molecular weight is 283 g/mol. The van der Waals surface area contributed by atoms with Gasteiger partial charge in [-0.2, -0.15) is 16.9 Å². The molecule has 2 rings (SSSR count). The first-order valence-electron chi connectivity index (χ1n) is 5.69. The van der Waals surface area contributed by atoms with Crippen molar-refractivity contribution in [2.75, 3.05) is 23.9 Å². The Morgan fingerprint density at radius 2 is 2.39 bits per heavy atom. The van der Waals surface area contributed by atoms with Crippen LogP contribution in [0.15, 0.2) is 30.7 Å². The molecule has 2 heterocycles. The summed E-state index contributed by atoms with van der Waals surface area (Å²) in [6, 6.07) is 3.81. The quantitative estimate of drug-likeness (QED) is 0.827. The molecule has 18 heavy (non-hydrogen) atoms. The second kappa shape index (κ2) is 6.66. The molecule has 0 radical (unpaired) electrons. The van der Waals surface area contributed by atoms with E-state index >= 15 is 0 Å². The van der Waals surface area contributed by atoms with E-state index in [9.17, 15) is 0 Å². The Morgan fingerprint density at radius 1 is 1.50 bits per heavy atom. The molecule has 0 aliphatic carbocycles. The Kier molecular flexibility index (Phi) is 4.90. The first-order valence-corrected chi connectivity index (χ1v) is 7.47. The van der Waals surface area contributed by atoms with Crippen LogP contribution in [0, 0.1) is 0 Å². The van der Waals surface area contributed by atoms with Gasteiger partial charge in [0.05, 0.1) is 23.8 Å². The number of rotatable bonds is 6. The Bertz CT molecular complexity index is 486. The summed E-state index contributed by atoms with van der Waals surface area (Å²) < 4.78 is 1.73. The molecular formula is C12H15ClN4S. The first kappa shape index (κ1) is 13.2. The zero-order valence-corrected chi connectivity index (χ0v) is 11.7. The van der Waals surface area contributed by atoms with Crippen LogP contribution in [0.4, 0.5) is 5.69 Å². The minimum Gasteiger partial charge on any atom is -0.381 e. The van der Waals surface area contributed by atoms with Crippen molar-refractivity contribution in [1.29, 1.82) is 0 Å². The second-order valence-electron chi connectivity index (χ2n) is 3.76. The summed E-state index contributed by atoms with van der Waals surface area (Å²) in [7, 11) is 0.